The van der Waals surface area contributed by atoms with Crippen LogP contribution in [0.15, 0.2) is 132 Å². The Kier molecular flexibility index (Phi) is 7.05. The van der Waals surface area contributed by atoms with E-state index in [0.717, 1.165) is 13.3 Å². The summed E-state index contributed by atoms with van der Waals surface area (Å²) in [5.41, 5.74) is 17.3. The zero-order valence-electron chi connectivity index (χ0n) is 32.0. The van der Waals surface area contributed by atoms with Crippen LogP contribution in [0.4, 0.5) is 11.4 Å². The van der Waals surface area contributed by atoms with E-state index in [1.807, 2.05) is 0 Å². The summed E-state index contributed by atoms with van der Waals surface area (Å²) >= 11 is 0. The highest BCUT2D eigenvalue weighted by Gasteiger charge is 2.46. The van der Waals surface area contributed by atoms with Gasteiger partial charge in [-0.05, 0) is 97.3 Å². The standard InChI is InChI=1S/C47H49N5/c1-30-32(3)50(28-48(30)8)37-22-23-44-42(27-37)47(34-16-11-10-12-17-34,41-20-15-19-40-39-18-13-14-21-43(39)52(44)45(40)41)36-24-35(46(5,6)7)25-38(26-36)51-29-49(9)31(2)33(51)4/h10-27H,28-29H2,1-9H3. The monoisotopic (exact) mass is 683 g/mol. The van der Waals surface area contributed by atoms with Gasteiger partial charge in [-0.1, -0.05) is 93.6 Å². The summed E-state index contributed by atoms with van der Waals surface area (Å²) in [6, 6.07) is 42.0. The van der Waals surface area contributed by atoms with Crippen molar-refractivity contribution in [1.82, 2.24) is 14.4 Å². The van der Waals surface area contributed by atoms with Gasteiger partial charge in [-0.2, -0.15) is 0 Å². The second kappa shape index (κ2) is 11.3. The van der Waals surface area contributed by atoms with Crippen molar-refractivity contribution in [1.29, 1.82) is 0 Å². The molecule has 5 nitrogen and oxygen atoms in total. The highest BCUT2D eigenvalue weighted by atomic mass is 15.4. The zero-order chi connectivity index (χ0) is 36.3. The SMILES string of the molecule is CC1=C(C)N(c2cc(C(C)(C)C)cc(C3(c4ccccc4)c4cc(N5CN(C)C(C)=C5C)ccc4-n4c5ccccc5c5cccc3c54)c2)CN1C. The van der Waals surface area contributed by atoms with Gasteiger partial charge in [0.25, 0.3) is 0 Å². The predicted molar refractivity (Wildman–Crippen MR) is 218 cm³/mol. The van der Waals surface area contributed by atoms with Gasteiger partial charge >= 0.3 is 0 Å². The van der Waals surface area contributed by atoms with Crippen molar-refractivity contribution in [3.63, 3.8) is 0 Å². The first kappa shape index (κ1) is 32.5. The van der Waals surface area contributed by atoms with E-state index in [0.29, 0.717) is 0 Å². The van der Waals surface area contributed by atoms with Crippen molar-refractivity contribution in [2.24, 2.45) is 0 Å². The maximum Gasteiger partial charge on any atom is 0.0943 e. The molecule has 4 heterocycles. The van der Waals surface area contributed by atoms with Crippen molar-refractivity contribution >= 4 is 33.2 Å². The van der Waals surface area contributed by atoms with Crippen LogP contribution in [0.5, 0.6) is 0 Å². The van der Waals surface area contributed by atoms with E-state index in [1.165, 1.54) is 89.5 Å². The van der Waals surface area contributed by atoms with Crippen LogP contribution in [-0.4, -0.2) is 41.8 Å². The molecule has 0 N–H and O–H groups in total. The maximum atomic E-state index is 2.55. The number of rotatable bonds is 4. The van der Waals surface area contributed by atoms with Gasteiger partial charge in [-0.25, -0.2) is 0 Å². The minimum absolute atomic E-state index is 0.0687. The van der Waals surface area contributed by atoms with Crippen LogP contribution < -0.4 is 9.80 Å². The van der Waals surface area contributed by atoms with E-state index in [4.69, 9.17) is 0 Å². The molecule has 3 aliphatic heterocycles. The fraction of sp³-hybridized carbons (Fsp3) is 0.277. The molecule has 0 saturated carbocycles. The lowest BCUT2D eigenvalue weighted by molar-refractivity contribution is 0.459. The third-order valence-electron chi connectivity index (χ3n) is 12.5. The molecule has 0 aliphatic carbocycles. The molecular weight excluding hydrogens is 635 g/mol. The quantitative estimate of drug-likeness (QED) is 0.184. The number of para-hydroxylation sites is 2. The van der Waals surface area contributed by atoms with Gasteiger partial charge in [-0.15, -0.1) is 0 Å². The second-order valence-corrected chi connectivity index (χ2v) is 16.3. The van der Waals surface area contributed by atoms with Crippen molar-refractivity contribution < 1.29 is 0 Å². The summed E-state index contributed by atoms with van der Waals surface area (Å²) < 4.78 is 2.55. The number of hydrogen-bond donors (Lipinski definition) is 0. The minimum Gasteiger partial charge on any atom is -0.359 e. The summed E-state index contributed by atoms with van der Waals surface area (Å²) in [6.45, 7) is 17.7. The molecule has 1 atom stereocenters. The van der Waals surface area contributed by atoms with E-state index in [9.17, 15) is 0 Å². The second-order valence-electron chi connectivity index (χ2n) is 16.3. The van der Waals surface area contributed by atoms with Crippen LogP contribution in [0.25, 0.3) is 27.5 Å². The Morgan fingerprint density at radius 2 is 1.17 bits per heavy atom. The fourth-order valence-corrected chi connectivity index (χ4v) is 9.14. The van der Waals surface area contributed by atoms with Gasteiger partial charge in [-0.3, -0.25) is 0 Å². The molecule has 262 valence electrons. The fourth-order valence-electron chi connectivity index (χ4n) is 9.14. The Labute approximate surface area is 308 Å². The predicted octanol–water partition coefficient (Wildman–Crippen LogP) is 10.7. The minimum atomic E-state index is -0.608. The average molecular weight is 684 g/mol. The Hall–Kier alpha value is -5.42. The third-order valence-corrected chi connectivity index (χ3v) is 12.5. The molecule has 52 heavy (non-hydrogen) atoms. The first-order valence-corrected chi connectivity index (χ1v) is 18.6. The van der Waals surface area contributed by atoms with Crippen LogP contribution in [0, 0.1) is 0 Å². The van der Waals surface area contributed by atoms with Gasteiger partial charge in [0.1, 0.15) is 0 Å². The van der Waals surface area contributed by atoms with Gasteiger partial charge in [0.2, 0.25) is 0 Å². The van der Waals surface area contributed by atoms with E-state index < -0.39 is 5.41 Å². The van der Waals surface area contributed by atoms with Gasteiger partial charge in [0.15, 0.2) is 0 Å². The van der Waals surface area contributed by atoms with E-state index in [1.54, 1.807) is 0 Å². The first-order chi connectivity index (χ1) is 24.9. The topological polar surface area (TPSA) is 17.9 Å². The third kappa shape index (κ3) is 4.41. The van der Waals surface area contributed by atoms with E-state index >= 15 is 0 Å². The molecular formula is C47H49N5. The molecule has 3 aliphatic rings. The Bertz CT molecular complexity index is 2490. The van der Waals surface area contributed by atoms with Crippen molar-refractivity contribution in [2.75, 3.05) is 37.2 Å². The van der Waals surface area contributed by atoms with Crippen LogP contribution in [0.2, 0.25) is 0 Å². The smallest absolute Gasteiger partial charge is 0.0943 e. The van der Waals surface area contributed by atoms with Crippen molar-refractivity contribution in [3.05, 3.63) is 160 Å². The first-order valence-electron chi connectivity index (χ1n) is 18.6. The highest BCUT2D eigenvalue weighted by Crippen LogP contribution is 2.56. The number of benzene rings is 5. The summed E-state index contributed by atoms with van der Waals surface area (Å²) in [5, 5.41) is 2.58. The lowest BCUT2D eigenvalue weighted by atomic mass is 9.62. The van der Waals surface area contributed by atoms with Crippen molar-refractivity contribution in [3.8, 4) is 5.69 Å². The highest BCUT2D eigenvalue weighted by molar-refractivity contribution is 6.12. The molecule has 0 fully saturated rings. The van der Waals surface area contributed by atoms with Crippen LogP contribution in [0.1, 0.15) is 76.3 Å². The molecule has 0 bridgehead atoms. The molecule has 9 rings (SSSR count). The molecule has 5 heteroatoms. The zero-order valence-corrected chi connectivity index (χ0v) is 32.0. The largest absolute Gasteiger partial charge is 0.359 e. The Morgan fingerprint density at radius 3 is 1.83 bits per heavy atom. The molecule has 0 spiro atoms. The van der Waals surface area contributed by atoms with Crippen molar-refractivity contribution in [2.45, 2.75) is 59.3 Å². The number of aromatic nitrogens is 1. The molecule has 6 aromatic rings. The number of anilines is 2. The molecule has 5 aromatic carbocycles. The lowest BCUT2D eigenvalue weighted by Gasteiger charge is -2.43. The number of nitrogens with zero attached hydrogens (tertiary/aromatic N) is 5. The van der Waals surface area contributed by atoms with Crippen LogP contribution in [0.3, 0.4) is 0 Å². The average Bonchev–Trinajstić information content (AvgIpc) is 3.72. The Morgan fingerprint density at radius 1 is 0.538 bits per heavy atom. The van der Waals surface area contributed by atoms with Crippen LogP contribution >= 0.6 is 0 Å². The summed E-state index contributed by atoms with van der Waals surface area (Å²) in [4.78, 5) is 9.68. The number of fused-ring (bicyclic) bond motifs is 5. The normalized spacial score (nSPS) is 18.9. The van der Waals surface area contributed by atoms with E-state index in [2.05, 4.69) is 196 Å². The van der Waals surface area contributed by atoms with Gasteiger partial charge in [0, 0.05) is 59.0 Å². The number of allylic oxidation sites excluding steroid dienone is 4. The maximum absolute atomic E-state index is 2.55. The molecule has 0 saturated heterocycles. The molecule has 0 radical (unpaired) electrons. The van der Waals surface area contributed by atoms with E-state index in [-0.39, 0.29) is 5.41 Å². The summed E-state index contributed by atoms with van der Waals surface area (Å²) in [6.07, 6.45) is 0. The molecule has 1 unspecified atom stereocenters. The summed E-state index contributed by atoms with van der Waals surface area (Å²) in [5.74, 6) is 0. The Balaban J connectivity index is 1.46. The lowest BCUT2D eigenvalue weighted by Crippen LogP contribution is -2.36. The van der Waals surface area contributed by atoms with Gasteiger partial charge < -0.3 is 24.2 Å². The summed E-state index contributed by atoms with van der Waals surface area (Å²) in [7, 11) is 4.39. The van der Waals surface area contributed by atoms with Gasteiger partial charge in [0.05, 0.1) is 35.5 Å². The van der Waals surface area contributed by atoms with Crippen LogP contribution in [-0.2, 0) is 10.8 Å². The molecule has 0 amide bonds. The number of hydrogen-bond acceptors (Lipinski definition) is 4. The molecule has 1 aromatic heterocycles.